The quantitative estimate of drug-likeness (QED) is 0.400. The summed E-state index contributed by atoms with van der Waals surface area (Å²) < 4.78 is 41.0. The van der Waals surface area contributed by atoms with Gasteiger partial charge in [-0.3, -0.25) is 0 Å². The Morgan fingerprint density at radius 3 is 1.32 bits per heavy atom. The summed E-state index contributed by atoms with van der Waals surface area (Å²) in [5.41, 5.74) is 2.19. The Morgan fingerprint density at radius 2 is 0.811 bits per heavy atom. The van der Waals surface area contributed by atoms with Gasteiger partial charge in [-0.05, 0) is 48.2 Å². The van der Waals surface area contributed by atoms with Gasteiger partial charge in [-0.1, -0.05) is 48.5 Å². The highest BCUT2D eigenvalue weighted by molar-refractivity contribution is 5.40. The molecule has 4 rings (SSSR count). The lowest BCUT2D eigenvalue weighted by molar-refractivity contribution is 0.0811. The summed E-state index contributed by atoms with van der Waals surface area (Å²) in [5, 5.41) is 0. The molecule has 0 fully saturated rings. The molecule has 2 bridgehead atoms. The Labute approximate surface area is 219 Å². The van der Waals surface area contributed by atoms with Gasteiger partial charge in [-0.15, -0.1) is 0 Å². The van der Waals surface area contributed by atoms with Crippen molar-refractivity contribution in [2.45, 2.75) is 26.1 Å². The van der Waals surface area contributed by atoms with Gasteiger partial charge in [0.2, 0.25) is 0 Å². The fourth-order valence-corrected chi connectivity index (χ4v) is 3.79. The van der Waals surface area contributed by atoms with E-state index in [1.807, 2.05) is 66.7 Å². The predicted molar refractivity (Wildman–Crippen MR) is 141 cm³/mol. The van der Waals surface area contributed by atoms with Crippen molar-refractivity contribution in [1.82, 2.24) is 0 Å². The molecule has 0 aromatic heterocycles. The molecular formula is C30H36O7. The lowest BCUT2D eigenvalue weighted by atomic mass is 10.1. The van der Waals surface area contributed by atoms with E-state index < -0.39 is 0 Å². The molecule has 37 heavy (non-hydrogen) atoms. The summed E-state index contributed by atoms with van der Waals surface area (Å²) >= 11 is 0. The Bertz CT molecular complexity index is 977. The van der Waals surface area contributed by atoms with Crippen LogP contribution in [-0.4, -0.2) is 52.9 Å². The van der Waals surface area contributed by atoms with Gasteiger partial charge >= 0.3 is 0 Å². The molecule has 7 heteroatoms. The van der Waals surface area contributed by atoms with Crippen LogP contribution in [-0.2, 0) is 27.4 Å². The van der Waals surface area contributed by atoms with Crippen molar-refractivity contribution in [3.8, 4) is 23.0 Å². The van der Waals surface area contributed by atoms with Gasteiger partial charge in [0.05, 0.1) is 39.6 Å². The molecule has 198 valence electrons. The minimum Gasteiger partial charge on any atom is -0.490 e. The fraction of sp³-hybridized carbons (Fsp3) is 0.400. The first-order valence-corrected chi connectivity index (χ1v) is 12.9. The fourth-order valence-electron chi connectivity index (χ4n) is 3.79. The largest absolute Gasteiger partial charge is 0.490 e. The van der Waals surface area contributed by atoms with Gasteiger partial charge in [0.15, 0.2) is 23.0 Å². The molecule has 3 aromatic carbocycles. The highest BCUT2D eigenvalue weighted by atomic mass is 16.6. The van der Waals surface area contributed by atoms with E-state index in [4.69, 9.17) is 33.2 Å². The minimum absolute atomic E-state index is 0.435. The average Bonchev–Trinajstić information content (AvgIpc) is 2.93. The molecule has 3 aromatic rings. The summed E-state index contributed by atoms with van der Waals surface area (Å²) in [6, 6.07) is 23.6. The van der Waals surface area contributed by atoms with Crippen LogP contribution in [0.3, 0.4) is 0 Å². The summed E-state index contributed by atoms with van der Waals surface area (Å²) in [7, 11) is 0. The zero-order valence-electron chi connectivity index (χ0n) is 21.3. The molecule has 0 spiro atoms. The number of fused-ring (bicyclic) bond motifs is 4. The van der Waals surface area contributed by atoms with Gasteiger partial charge in [0, 0.05) is 6.61 Å². The number of hydrogen-bond acceptors (Lipinski definition) is 7. The van der Waals surface area contributed by atoms with Gasteiger partial charge in [-0.2, -0.15) is 0 Å². The van der Waals surface area contributed by atoms with Gasteiger partial charge in [0.25, 0.3) is 0 Å². The van der Waals surface area contributed by atoms with Crippen molar-refractivity contribution < 1.29 is 33.2 Å². The van der Waals surface area contributed by atoms with Crippen molar-refractivity contribution in [3.63, 3.8) is 0 Å². The van der Waals surface area contributed by atoms with E-state index in [0.29, 0.717) is 77.6 Å². The lowest BCUT2D eigenvalue weighted by Crippen LogP contribution is -2.11. The van der Waals surface area contributed by atoms with E-state index in [0.717, 1.165) is 35.5 Å². The molecule has 0 aliphatic carbocycles. The van der Waals surface area contributed by atoms with Gasteiger partial charge in [0.1, 0.15) is 19.8 Å². The van der Waals surface area contributed by atoms with Crippen molar-refractivity contribution in [3.05, 3.63) is 83.9 Å². The number of benzene rings is 3. The maximum Gasteiger partial charge on any atom is 0.161 e. The first kappa shape index (κ1) is 26.8. The van der Waals surface area contributed by atoms with Crippen LogP contribution in [0.1, 0.15) is 24.0 Å². The standard InChI is InChI=1S/C30H36O7/c1-2-11-28-27(10-1)34-15-6-5-14-31-16-19-35-29-12-3-4-13-30(29)37-21-18-33-24-26-9-7-8-25(22-26)23-32-17-20-36-28/h1-4,7-13,22H,5-6,14-21,23-24H2. The normalized spacial score (nSPS) is 17.0. The SMILES string of the molecule is c1cc2cc(c1)COCCOc1ccccc1OCCOCCCCOc1ccccc1OCCOC2. The second kappa shape index (κ2) is 15.8. The number of rotatable bonds is 0. The van der Waals surface area contributed by atoms with Crippen molar-refractivity contribution in [2.24, 2.45) is 0 Å². The van der Waals surface area contributed by atoms with Crippen LogP contribution in [0, 0.1) is 0 Å². The van der Waals surface area contributed by atoms with Crippen LogP contribution in [0.25, 0.3) is 0 Å². The maximum absolute atomic E-state index is 5.94. The first-order valence-electron chi connectivity index (χ1n) is 12.9. The molecule has 0 unspecified atom stereocenters. The Balaban J connectivity index is 1.32. The van der Waals surface area contributed by atoms with E-state index in [1.165, 1.54) is 0 Å². The highest BCUT2D eigenvalue weighted by Gasteiger charge is 2.06. The molecule has 0 saturated heterocycles. The molecule has 0 N–H and O–H groups in total. The molecular weight excluding hydrogens is 472 g/mol. The summed E-state index contributed by atoms with van der Waals surface area (Å²) in [6.07, 6.45) is 1.79. The van der Waals surface area contributed by atoms with Crippen LogP contribution in [0.2, 0.25) is 0 Å². The molecule has 0 atom stereocenters. The first-order chi connectivity index (χ1) is 18.4. The van der Waals surface area contributed by atoms with Crippen molar-refractivity contribution >= 4 is 0 Å². The molecule has 1 aliphatic rings. The molecule has 1 heterocycles. The average molecular weight is 509 g/mol. The van der Waals surface area contributed by atoms with Crippen LogP contribution in [0.15, 0.2) is 72.8 Å². The highest BCUT2D eigenvalue weighted by Crippen LogP contribution is 2.27. The van der Waals surface area contributed by atoms with Crippen LogP contribution in [0.5, 0.6) is 23.0 Å². The second-order valence-corrected chi connectivity index (χ2v) is 8.53. The third-order valence-corrected chi connectivity index (χ3v) is 5.62. The predicted octanol–water partition coefficient (Wildman–Crippen LogP) is 5.45. The topological polar surface area (TPSA) is 64.6 Å². The smallest absolute Gasteiger partial charge is 0.161 e. The van der Waals surface area contributed by atoms with Gasteiger partial charge < -0.3 is 33.2 Å². The van der Waals surface area contributed by atoms with Gasteiger partial charge in [-0.25, -0.2) is 0 Å². The number of para-hydroxylation sites is 4. The van der Waals surface area contributed by atoms with E-state index in [-0.39, 0.29) is 0 Å². The van der Waals surface area contributed by atoms with Crippen LogP contribution in [0.4, 0.5) is 0 Å². The second-order valence-electron chi connectivity index (χ2n) is 8.53. The molecule has 0 amide bonds. The molecule has 0 radical (unpaired) electrons. The zero-order valence-corrected chi connectivity index (χ0v) is 21.3. The summed E-state index contributed by atoms with van der Waals surface area (Å²) in [4.78, 5) is 0. The summed E-state index contributed by atoms with van der Waals surface area (Å²) in [5.74, 6) is 2.87. The van der Waals surface area contributed by atoms with E-state index in [1.54, 1.807) is 0 Å². The Hall–Kier alpha value is -3.26. The monoisotopic (exact) mass is 508 g/mol. The van der Waals surface area contributed by atoms with Crippen LogP contribution < -0.4 is 18.9 Å². The lowest BCUT2D eigenvalue weighted by Gasteiger charge is -2.14. The van der Waals surface area contributed by atoms with Crippen molar-refractivity contribution in [1.29, 1.82) is 0 Å². The summed E-state index contributed by atoms with van der Waals surface area (Å²) in [6.45, 7) is 5.07. The third-order valence-electron chi connectivity index (χ3n) is 5.62. The maximum atomic E-state index is 5.94. The number of ether oxygens (including phenoxy) is 7. The zero-order chi connectivity index (χ0) is 25.4. The minimum atomic E-state index is 0.435. The third kappa shape index (κ3) is 9.61. The number of hydrogen-bond donors (Lipinski definition) is 0. The van der Waals surface area contributed by atoms with Crippen molar-refractivity contribution in [2.75, 3.05) is 52.9 Å². The Kier molecular flexibility index (Phi) is 11.4. The van der Waals surface area contributed by atoms with E-state index >= 15 is 0 Å². The van der Waals surface area contributed by atoms with Crippen LogP contribution >= 0.6 is 0 Å². The molecule has 1 aliphatic heterocycles. The van der Waals surface area contributed by atoms with E-state index in [9.17, 15) is 0 Å². The van der Waals surface area contributed by atoms with E-state index in [2.05, 4.69) is 6.07 Å². The molecule has 7 nitrogen and oxygen atoms in total. The Morgan fingerprint density at radius 1 is 0.378 bits per heavy atom. The molecule has 0 saturated carbocycles.